The minimum absolute atomic E-state index is 0.624. The van der Waals surface area contributed by atoms with Gasteiger partial charge in [-0.05, 0) is 36.9 Å². The lowest BCUT2D eigenvalue weighted by Crippen LogP contribution is -2.28. The molecule has 0 nitrogen and oxygen atoms in total. The fraction of sp³-hybridized carbons (Fsp3) is 0.857. The molecule has 1 heteroatoms. The predicted molar refractivity (Wildman–Crippen MR) is 71.3 cm³/mol. The van der Waals surface area contributed by atoms with E-state index >= 15 is 0 Å². The lowest BCUT2D eigenvalue weighted by atomic mass is 9.64. The monoisotopic (exact) mass is 224 g/mol. The van der Waals surface area contributed by atoms with Gasteiger partial charge in [0.15, 0.2) is 0 Å². The van der Waals surface area contributed by atoms with Gasteiger partial charge in [-0.15, -0.1) is 11.8 Å². The standard InChI is InChI=1S/C14H24S/c1-2-3-5-9-14(11-8-12-14)10-6-4-7-13-15/h15H,2,4,6-13H2,1H3. The van der Waals surface area contributed by atoms with Crippen LogP contribution in [0.5, 0.6) is 0 Å². The Morgan fingerprint density at radius 2 is 1.93 bits per heavy atom. The molecule has 1 aliphatic carbocycles. The fourth-order valence-electron chi connectivity index (χ4n) is 2.36. The first-order valence-electron chi connectivity index (χ1n) is 6.39. The minimum atomic E-state index is 0.624. The van der Waals surface area contributed by atoms with Gasteiger partial charge in [0.05, 0.1) is 0 Å². The zero-order chi connectivity index (χ0) is 11.0. The summed E-state index contributed by atoms with van der Waals surface area (Å²) in [7, 11) is 0. The molecule has 1 aliphatic rings. The van der Waals surface area contributed by atoms with Crippen molar-refractivity contribution < 1.29 is 0 Å². The molecule has 0 N–H and O–H groups in total. The van der Waals surface area contributed by atoms with Gasteiger partial charge in [0, 0.05) is 12.8 Å². The van der Waals surface area contributed by atoms with E-state index < -0.39 is 0 Å². The molecule has 0 aromatic rings. The van der Waals surface area contributed by atoms with Gasteiger partial charge < -0.3 is 0 Å². The van der Waals surface area contributed by atoms with Gasteiger partial charge in [-0.3, -0.25) is 0 Å². The summed E-state index contributed by atoms with van der Waals surface area (Å²) in [5.41, 5.74) is 0.624. The third kappa shape index (κ3) is 4.51. The third-order valence-electron chi connectivity index (χ3n) is 3.54. The van der Waals surface area contributed by atoms with Crippen LogP contribution in [0.3, 0.4) is 0 Å². The Hall–Kier alpha value is -0.0900. The molecule has 1 saturated carbocycles. The molecule has 86 valence electrons. The molecule has 1 fully saturated rings. The molecule has 0 aromatic carbocycles. The van der Waals surface area contributed by atoms with E-state index in [1.165, 1.54) is 44.9 Å². The molecule has 0 bridgehead atoms. The summed E-state index contributed by atoms with van der Waals surface area (Å²) in [6, 6.07) is 0. The molecule has 0 spiro atoms. The second-order valence-corrected chi connectivity index (χ2v) is 5.22. The average Bonchev–Trinajstić information content (AvgIpc) is 2.19. The first-order chi connectivity index (χ1) is 7.33. The first-order valence-corrected chi connectivity index (χ1v) is 7.03. The molecule has 1 rings (SSSR count). The topological polar surface area (TPSA) is 0 Å². The van der Waals surface area contributed by atoms with Crippen molar-refractivity contribution in [2.24, 2.45) is 5.41 Å². The summed E-state index contributed by atoms with van der Waals surface area (Å²) in [6.07, 6.45) is 11.9. The van der Waals surface area contributed by atoms with Crippen LogP contribution in [0.1, 0.15) is 64.7 Å². The summed E-state index contributed by atoms with van der Waals surface area (Å²) in [6.45, 7) is 2.13. The minimum Gasteiger partial charge on any atom is -0.179 e. The maximum absolute atomic E-state index is 4.25. The Balaban J connectivity index is 2.20. The van der Waals surface area contributed by atoms with Gasteiger partial charge in [-0.25, -0.2) is 0 Å². The van der Waals surface area contributed by atoms with E-state index in [9.17, 15) is 0 Å². The van der Waals surface area contributed by atoms with Crippen molar-refractivity contribution in [3.8, 4) is 11.8 Å². The molecule has 15 heavy (non-hydrogen) atoms. The Kier molecular flexibility index (Phi) is 6.25. The van der Waals surface area contributed by atoms with E-state index in [2.05, 4.69) is 31.4 Å². The predicted octanol–water partition coefficient (Wildman–Crippen LogP) is 4.45. The number of thiol groups is 1. The lowest BCUT2D eigenvalue weighted by molar-refractivity contribution is 0.122. The highest BCUT2D eigenvalue weighted by molar-refractivity contribution is 7.80. The number of rotatable bonds is 6. The van der Waals surface area contributed by atoms with E-state index in [0.717, 1.165) is 18.6 Å². The van der Waals surface area contributed by atoms with Gasteiger partial charge in [-0.1, -0.05) is 26.2 Å². The molecule has 0 aliphatic heterocycles. The zero-order valence-electron chi connectivity index (χ0n) is 10.0. The molecule has 0 radical (unpaired) electrons. The third-order valence-corrected chi connectivity index (χ3v) is 3.86. The van der Waals surface area contributed by atoms with Crippen LogP contribution in [0.25, 0.3) is 0 Å². The van der Waals surface area contributed by atoms with Crippen LogP contribution < -0.4 is 0 Å². The highest BCUT2D eigenvalue weighted by Gasteiger charge is 2.35. The smallest absolute Gasteiger partial charge is 0.0145 e. The van der Waals surface area contributed by atoms with E-state index in [1.807, 2.05) is 0 Å². The number of hydrogen-bond donors (Lipinski definition) is 1. The van der Waals surface area contributed by atoms with E-state index in [-0.39, 0.29) is 0 Å². The second kappa shape index (κ2) is 7.23. The zero-order valence-corrected chi connectivity index (χ0v) is 10.9. The van der Waals surface area contributed by atoms with Crippen molar-refractivity contribution in [3.05, 3.63) is 0 Å². The Morgan fingerprint density at radius 3 is 2.47 bits per heavy atom. The SMILES string of the molecule is CCC#CCC1(CCCCCS)CCC1. The molecular weight excluding hydrogens is 200 g/mol. The van der Waals surface area contributed by atoms with Gasteiger partial charge in [0.2, 0.25) is 0 Å². The van der Waals surface area contributed by atoms with Crippen molar-refractivity contribution in [1.82, 2.24) is 0 Å². The molecule has 0 unspecified atom stereocenters. The van der Waals surface area contributed by atoms with Gasteiger partial charge in [0.1, 0.15) is 0 Å². The van der Waals surface area contributed by atoms with Crippen LogP contribution in [0.15, 0.2) is 0 Å². The van der Waals surface area contributed by atoms with Crippen LogP contribution in [-0.4, -0.2) is 5.75 Å². The number of hydrogen-bond acceptors (Lipinski definition) is 1. The molecular formula is C14H24S. The average molecular weight is 224 g/mol. The van der Waals surface area contributed by atoms with Crippen molar-refractivity contribution in [1.29, 1.82) is 0 Å². The molecule has 0 heterocycles. The fourth-order valence-corrected chi connectivity index (χ4v) is 2.58. The Bertz CT molecular complexity index is 217. The van der Waals surface area contributed by atoms with E-state index in [0.29, 0.717) is 5.41 Å². The summed E-state index contributed by atoms with van der Waals surface area (Å²) >= 11 is 4.25. The Labute approximate surface area is 101 Å². The second-order valence-electron chi connectivity index (χ2n) is 4.77. The first kappa shape index (κ1) is 13.0. The van der Waals surface area contributed by atoms with Crippen LogP contribution >= 0.6 is 12.6 Å². The molecule has 0 saturated heterocycles. The summed E-state index contributed by atoms with van der Waals surface area (Å²) < 4.78 is 0. The molecule has 0 atom stereocenters. The summed E-state index contributed by atoms with van der Waals surface area (Å²) in [5.74, 6) is 7.61. The molecule has 0 aromatic heterocycles. The Morgan fingerprint density at radius 1 is 1.13 bits per heavy atom. The van der Waals surface area contributed by atoms with Crippen LogP contribution in [-0.2, 0) is 0 Å². The van der Waals surface area contributed by atoms with E-state index in [1.54, 1.807) is 0 Å². The lowest BCUT2D eigenvalue weighted by Gasteiger charge is -2.41. The molecule has 0 amide bonds. The van der Waals surface area contributed by atoms with Gasteiger partial charge in [0.25, 0.3) is 0 Å². The summed E-state index contributed by atoms with van der Waals surface area (Å²) in [4.78, 5) is 0. The van der Waals surface area contributed by atoms with Crippen LogP contribution in [0.4, 0.5) is 0 Å². The maximum atomic E-state index is 4.25. The normalized spacial score (nSPS) is 17.7. The number of unbranched alkanes of at least 4 members (excludes halogenated alkanes) is 2. The highest BCUT2D eigenvalue weighted by atomic mass is 32.1. The maximum Gasteiger partial charge on any atom is 0.0145 e. The quantitative estimate of drug-likeness (QED) is 0.384. The van der Waals surface area contributed by atoms with Crippen molar-refractivity contribution >= 4 is 12.6 Å². The van der Waals surface area contributed by atoms with Crippen molar-refractivity contribution in [3.63, 3.8) is 0 Å². The highest BCUT2D eigenvalue weighted by Crippen LogP contribution is 2.47. The van der Waals surface area contributed by atoms with Crippen molar-refractivity contribution in [2.45, 2.75) is 64.7 Å². The van der Waals surface area contributed by atoms with Crippen LogP contribution in [0.2, 0.25) is 0 Å². The summed E-state index contributed by atoms with van der Waals surface area (Å²) in [5, 5.41) is 0. The van der Waals surface area contributed by atoms with Crippen LogP contribution in [0, 0.1) is 17.3 Å². The largest absolute Gasteiger partial charge is 0.179 e. The van der Waals surface area contributed by atoms with E-state index in [4.69, 9.17) is 0 Å². The van der Waals surface area contributed by atoms with Gasteiger partial charge in [-0.2, -0.15) is 12.6 Å². The van der Waals surface area contributed by atoms with Crippen molar-refractivity contribution in [2.75, 3.05) is 5.75 Å². The van der Waals surface area contributed by atoms with Gasteiger partial charge >= 0.3 is 0 Å².